The van der Waals surface area contributed by atoms with E-state index in [2.05, 4.69) is 22.6 Å². The number of nitrogens with two attached hydrogens (primary N) is 1. The van der Waals surface area contributed by atoms with Gasteiger partial charge < -0.3 is 10.5 Å². The molecule has 2 rings (SSSR count). The molecule has 2 aromatic rings. The Hall–Kier alpha value is -1.27. The highest BCUT2D eigenvalue weighted by Crippen LogP contribution is 2.28. The predicted octanol–water partition coefficient (Wildman–Crippen LogP) is 3.84. The lowest BCUT2D eigenvalue weighted by Crippen LogP contribution is -2.12. The smallest absolute Gasteiger partial charge is 0.252 e. The highest BCUT2D eigenvalue weighted by atomic mass is 127. The van der Waals surface area contributed by atoms with Crippen molar-refractivity contribution in [2.45, 2.75) is 0 Å². The molecule has 92 valence electrons. The van der Waals surface area contributed by atoms with Crippen molar-refractivity contribution in [3.63, 3.8) is 0 Å². The summed E-state index contributed by atoms with van der Waals surface area (Å²) in [5, 5.41) is 0.487. The van der Waals surface area contributed by atoms with Gasteiger partial charge in [-0.15, -0.1) is 0 Å². The van der Waals surface area contributed by atoms with E-state index in [1.165, 1.54) is 0 Å². The van der Waals surface area contributed by atoms with E-state index in [4.69, 9.17) is 22.1 Å². The molecule has 0 spiro atoms. The molecule has 0 atom stereocenters. The zero-order chi connectivity index (χ0) is 13.1. The lowest BCUT2D eigenvalue weighted by Gasteiger charge is -2.09. The molecular formula is C13H9ClINO2. The fourth-order valence-electron chi connectivity index (χ4n) is 1.44. The molecule has 1 amide bonds. The normalized spacial score (nSPS) is 10.1. The summed E-state index contributed by atoms with van der Waals surface area (Å²) in [6, 6.07) is 12.2. The third kappa shape index (κ3) is 3.14. The summed E-state index contributed by atoms with van der Waals surface area (Å²) in [6.07, 6.45) is 0. The van der Waals surface area contributed by atoms with Gasteiger partial charge in [-0.3, -0.25) is 4.79 Å². The lowest BCUT2D eigenvalue weighted by atomic mass is 10.2. The molecule has 0 fully saturated rings. The van der Waals surface area contributed by atoms with Crippen molar-refractivity contribution >= 4 is 40.1 Å². The van der Waals surface area contributed by atoms with Crippen LogP contribution in [0.2, 0.25) is 5.02 Å². The Bertz CT molecular complexity index is 601. The number of rotatable bonds is 3. The lowest BCUT2D eigenvalue weighted by molar-refractivity contribution is 0.0998. The average Bonchev–Trinajstić information content (AvgIpc) is 2.28. The number of benzene rings is 2. The maximum absolute atomic E-state index is 11.3. The van der Waals surface area contributed by atoms with Gasteiger partial charge in [-0.05, 0) is 52.9 Å². The molecule has 18 heavy (non-hydrogen) atoms. The van der Waals surface area contributed by atoms with E-state index in [0.717, 1.165) is 3.57 Å². The first kappa shape index (κ1) is 13.2. The molecule has 2 aromatic carbocycles. The molecule has 0 aliphatic heterocycles. The number of carbonyl (C=O) groups is 1. The highest BCUT2D eigenvalue weighted by Gasteiger charge is 2.11. The van der Waals surface area contributed by atoms with Gasteiger partial charge in [0.15, 0.2) is 0 Å². The van der Waals surface area contributed by atoms with Crippen molar-refractivity contribution in [3.05, 3.63) is 56.6 Å². The zero-order valence-electron chi connectivity index (χ0n) is 9.19. The molecule has 0 bridgehead atoms. The standard InChI is InChI=1S/C13H9ClINO2/c14-8-4-5-11(13(16)17)12(6-8)18-10-3-1-2-9(15)7-10/h1-7H,(H2,16,17). The third-order valence-corrected chi connectivity index (χ3v) is 3.14. The molecule has 0 saturated heterocycles. The number of primary amides is 1. The Kier molecular flexibility index (Phi) is 4.08. The van der Waals surface area contributed by atoms with Crippen LogP contribution in [0.25, 0.3) is 0 Å². The number of hydrogen-bond donors (Lipinski definition) is 1. The van der Waals surface area contributed by atoms with E-state index in [1.807, 2.05) is 18.2 Å². The zero-order valence-corrected chi connectivity index (χ0v) is 12.1. The van der Waals surface area contributed by atoms with Gasteiger partial charge in [-0.2, -0.15) is 0 Å². The van der Waals surface area contributed by atoms with Crippen LogP contribution in [0.5, 0.6) is 11.5 Å². The first-order valence-electron chi connectivity index (χ1n) is 5.09. The van der Waals surface area contributed by atoms with Gasteiger partial charge in [0.05, 0.1) is 5.56 Å². The SMILES string of the molecule is NC(=O)c1ccc(Cl)cc1Oc1cccc(I)c1. The van der Waals surface area contributed by atoms with Crippen molar-refractivity contribution in [1.82, 2.24) is 0 Å². The summed E-state index contributed by atoms with van der Waals surface area (Å²) in [5.41, 5.74) is 5.59. The molecule has 0 saturated carbocycles. The Balaban J connectivity index is 2.39. The maximum atomic E-state index is 11.3. The van der Waals surface area contributed by atoms with Gasteiger partial charge >= 0.3 is 0 Å². The summed E-state index contributed by atoms with van der Waals surface area (Å²) in [5.74, 6) is 0.441. The minimum absolute atomic E-state index is 0.304. The van der Waals surface area contributed by atoms with Crippen LogP contribution in [0, 0.1) is 3.57 Å². The van der Waals surface area contributed by atoms with Crippen LogP contribution in [0.3, 0.4) is 0 Å². The van der Waals surface area contributed by atoms with E-state index in [-0.39, 0.29) is 0 Å². The molecule has 2 N–H and O–H groups in total. The van der Waals surface area contributed by atoms with E-state index in [9.17, 15) is 4.79 Å². The van der Waals surface area contributed by atoms with Crippen LogP contribution in [0.15, 0.2) is 42.5 Å². The number of ether oxygens (including phenoxy) is 1. The van der Waals surface area contributed by atoms with Crippen molar-refractivity contribution in [2.24, 2.45) is 5.73 Å². The summed E-state index contributed by atoms with van der Waals surface area (Å²) < 4.78 is 6.68. The quantitative estimate of drug-likeness (QED) is 0.831. The van der Waals surface area contributed by atoms with Crippen LogP contribution in [0.1, 0.15) is 10.4 Å². The first-order chi connectivity index (χ1) is 8.56. The van der Waals surface area contributed by atoms with Gasteiger partial charge in [-0.25, -0.2) is 0 Å². The molecule has 0 aromatic heterocycles. The average molecular weight is 374 g/mol. The number of hydrogen-bond acceptors (Lipinski definition) is 2. The Morgan fingerprint density at radius 3 is 2.67 bits per heavy atom. The Morgan fingerprint density at radius 2 is 2.00 bits per heavy atom. The summed E-state index contributed by atoms with van der Waals surface area (Å²) in [7, 11) is 0. The Morgan fingerprint density at radius 1 is 1.22 bits per heavy atom. The molecular weight excluding hydrogens is 365 g/mol. The van der Waals surface area contributed by atoms with E-state index < -0.39 is 5.91 Å². The van der Waals surface area contributed by atoms with Gasteiger partial charge in [0, 0.05) is 14.7 Å². The first-order valence-corrected chi connectivity index (χ1v) is 6.55. The van der Waals surface area contributed by atoms with Crippen LogP contribution in [0.4, 0.5) is 0 Å². The number of halogens is 2. The molecule has 0 aliphatic rings. The molecule has 0 unspecified atom stereocenters. The third-order valence-electron chi connectivity index (χ3n) is 2.23. The fourth-order valence-corrected chi connectivity index (χ4v) is 2.12. The molecule has 0 heterocycles. The van der Waals surface area contributed by atoms with E-state index >= 15 is 0 Å². The van der Waals surface area contributed by atoms with Crippen molar-refractivity contribution < 1.29 is 9.53 Å². The van der Waals surface area contributed by atoms with Gasteiger partial charge in [0.2, 0.25) is 0 Å². The highest BCUT2D eigenvalue weighted by molar-refractivity contribution is 14.1. The van der Waals surface area contributed by atoms with Gasteiger partial charge in [0.25, 0.3) is 5.91 Å². The second-order valence-electron chi connectivity index (χ2n) is 3.56. The predicted molar refractivity (Wildman–Crippen MR) is 79.2 cm³/mol. The maximum Gasteiger partial charge on any atom is 0.252 e. The molecule has 5 heteroatoms. The van der Waals surface area contributed by atoms with Crippen LogP contribution >= 0.6 is 34.2 Å². The van der Waals surface area contributed by atoms with Crippen LogP contribution in [-0.2, 0) is 0 Å². The number of carbonyl (C=O) groups excluding carboxylic acids is 1. The largest absolute Gasteiger partial charge is 0.456 e. The topological polar surface area (TPSA) is 52.3 Å². The van der Waals surface area contributed by atoms with Crippen molar-refractivity contribution in [2.75, 3.05) is 0 Å². The molecule has 0 aliphatic carbocycles. The van der Waals surface area contributed by atoms with Crippen LogP contribution < -0.4 is 10.5 Å². The van der Waals surface area contributed by atoms with Crippen LogP contribution in [-0.4, -0.2) is 5.91 Å². The summed E-state index contributed by atoms with van der Waals surface area (Å²) in [4.78, 5) is 11.3. The minimum atomic E-state index is -0.549. The van der Waals surface area contributed by atoms with Crippen molar-refractivity contribution in [3.8, 4) is 11.5 Å². The van der Waals surface area contributed by atoms with E-state index in [0.29, 0.717) is 22.1 Å². The molecule has 3 nitrogen and oxygen atoms in total. The fraction of sp³-hybridized carbons (Fsp3) is 0. The molecule has 0 radical (unpaired) electrons. The monoisotopic (exact) mass is 373 g/mol. The number of amides is 1. The minimum Gasteiger partial charge on any atom is -0.456 e. The van der Waals surface area contributed by atoms with Gasteiger partial charge in [0.1, 0.15) is 11.5 Å². The van der Waals surface area contributed by atoms with Crippen molar-refractivity contribution in [1.29, 1.82) is 0 Å². The summed E-state index contributed by atoms with van der Waals surface area (Å²) >= 11 is 8.06. The second-order valence-corrected chi connectivity index (χ2v) is 5.25. The van der Waals surface area contributed by atoms with Gasteiger partial charge in [-0.1, -0.05) is 17.7 Å². The second kappa shape index (κ2) is 5.58. The Labute approximate surface area is 123 Å². The van der Waals surface area contributed by atoms with E-state index in [1.54, 1.807) is 24.3 Å². The summed E-state index contributed by atoms with van der Waals surface area (Å²) in [6.45, 7) is 0.